The van der Waals surface area contributed by atoms with E-state index in [0.717, 1.165) is 6.42 Å². The number of carboxylic acids is 1. The molecule has 0 saturated carbocycles. The maximum atomic E-state index is 13.3. The lowest BCUT2D eigenvalue weighted by Gasteiger charge is -2.29. The first-order valence-corrected chi connectivity index (χ1v) is 16.7. The first-order valence-electron chi connectivity index (χ1n) is 16.7. The van der Waals surface area contributed by atoms with Crippen LogP contribution in [-0.4, -0.2) is 142 Å². The Morgan fingerprint density at radius 2 is 1.10 bits per heavy atom. The fourth-order valence-corrected chi connectivity index (χ4v) is 5.74. The van der Waals surface area contributed by atoms with E-state index in [-0.39, 0.29) is 43.6 Å². The van der Waals surface area contributed by atoms with E-state index in [1.54, 1.807) is 13.8 Å². The minimum atomic E-state index is -1.69. The summed E-state index contributed by atoms with van der Waals surface area (Å²) in [5, 5.41) is 54.1. The molecule has 2 heterocycles. The third kappa shape index (κ3) is 12.5. The van der Waals surface area contributed by atoms with Crippen LogP contribution in [0.25, 0.3) is 0 Å². The molecule has 0 unspecified atom stereocenters. The van der Waals surface area contributed by atoms with Crippen molar-refractivity contribution in [1.29, 1.82) is 0 Å². The van der Waals surface area contributed by atoms with Crippen LogP contribution in [0.5, 0.6) is 0 Å². The Bertz CT molecular complexity index is 1180. The van der Waals surface area contributed by atoms with Crippen LogP contribution < -0.4 is 31.9 Å². The zero-order valence-corrected chi connectivity index (χ0v) is 28.6. The van der Waals surface area contributed by atoms with Crippen molar-refractivity contribution in [3.63, 3.8) is 0 Å². The Hall–Kier alpha value is -3.87. The van der Waals surface area contributed by atoms with Crippen molar-refractivity contribution in [2.24, 2.45) is 11.8 Å². The van der Waals surface area contributed by atoms with E-state index in [1.807, 2.05) is 13.8 Å². The number of carbonyl (C=O) groups is 7. The molecule has 2 fully saturated rings. The highest BCUT2D eigenvalue weighted by molar-refractivity contribution is 5.97. The van der Waals surface area contributed by atoms with Gasteiger partial charge in [-0.05, 0) is 56.9 Å². The van der Waals surface area contributed by atoms with Crippen molar-refractivity contribution < 1.29 is 54.0 Å². The summed E-state index contributed by atoms with van der Waals surface area (Å²) in [6.45, 7) is 5.34. The summed E-state index contributed by atoms with van der Waals surface area (Å²) in [4.78, 5) is 90.9. The normalized spacial score (nSPS) is 20.6. The monoisotopic (exact) mass is 699 g/mol. The van der Waals surface area contributed by atoms with Gasteiger partial charge in [-0.1, -0.05) is 27.7 Å². The molecule has 0 aromatic rings. The molecule has 0 aromatic heterocycles. The largest absolute Gasteiger partial charge is 0.480 e. The highest BCUT2D eigenvalue weighted by Crippen LogP contribution is 2.20. The van der Waals surface area contributed by atoms with Gasteiger partial charge in [0.15, 0.2) is 0 Å². The van der Waals surface area contributed by atoms with Crippen LogP contribution in [0.4, 0.5) is 0 Å². The van der Waals surface area contributed by atoms with E-state index in [4.69, 9.17) is 0 Å². The van der Waals surface area contributed by atoms with Gasteiger partial charge in [0, 0.05) is 6.54 Å². The summed E-state index contributed by atoms with van der Waals surface area (Å²) in [5.74, 6) is -6.13. The minimum absolute atomic E-state index is 0.0197. The van der Waals surface area contributed by atoms with Gasteiger partial charge in [-0.15, -0.1) is 0 Å². The van der Waals surface area contributed by atoms with Crippen molar-refractivity contribution >= 4 is 41.4 Å². The number of aliphatic hydroxyl groups excluding tert-OH is 3. The number of hydrogen-bond donors (Lipinski definition) is 10. The second-order valence-electron chi connectivity index (χ2n) is 13.3. The molecule has 2 aliphatic rings. The van der Waals surface area contributed by atoms with Gasteiger partial charge in [-0.2, -0.15) is 0 Å². The highest BCUT2D eigenvalue weighted by Gasteiger charge is 2.39. The van der Waals surface area contributed by atoms with Crippen molar-refractivity contribution in [3.05, 3.63) is 0 Å². The fourth-order valence-electron chi connectivity index (χ4n) is 5.74. The third-order valence-corrected chi connectivity index (χ3v) is 8.31. The van der Waals surface area contributed by atoms with Gasteiger partial charge < -0.3 is 57.2 Å². The summed E-state index contributed by atoms with van der Waals surface area (Å²) < 4.78 is 0. The number of aliphatic carboxylic acids is 1. The van der Waals surface area contributed by atoms with Gasteiger partial charge in [-0.3, -0.25) is 28.8 Å². The summed E-state index contributed by atoms with van der Waals surface area (Å²) in [7, 11) is 0. The Labute approximate surface area is 285 Å². The molecule has 18 nitrogen and oxygen atoms in total. The molecule has 0 aromatic carbocycles. The van der Waals surface area contributed by atoms with Crippen LogP contribution in [-0.2, 0) is 33.6 Å². The molecule has 10 N–H and O–H groups in total. The molecule has 2 saturated heterocycles. The molecule has 0 bridgehead atoms. The molecule has 6 amide bonds. The van der Waals surface area contributed by atoms with E-state index in [1.165, 1.54) is 4.90 Å². The molecule has 0 spiro atoms. The number of rotatable bonds is 19. The molecule has 2 aliphatic heterocycles. The number of nitrogens with one attached hydrogen (secondary N) is 6. The minimum Gasteiger partial charge on any atom is -0.480 e. The van der Waals surface area contributed by atoms with Gasteiger partial charge in [0.25, 0.3) is 0 Å². The van der Waals surface area contributed by atoms with Gasteiger partial charge in [0.05, 0.1) is 25.9 Å². The molecule has 18 heteroatoms. The molecular formula is C31H53N7O11. The maximum Gasteiger partial charge on any atom is 0.326 e. The average Bonchev–Trinajstić information content (AvgIpc) is 3.76. The van der Waals surface area contributed by atoms with E-state index < -0.39 is 97.6 Å². The Morgan fingerprint density at radius 1 is 0.653 bits per heavy atom. The van der Waals surface area contributed by atoms with Crippen LogP contribution in [0, 0.1) is 11.8 Å². The average molecular weight is 700 g/mol. The lowest BCUT2D eigenvalue weighted by atomic mass is 10.0. The quantitative estimate of drug-likeness (QED) is 0.0624. The second-order valence-corrected chi connectivity index (χ2v) is 13.3. The summed E-state index contributed by atoms with van der Waals surface area (Å²) in [6.07, 6.45) is 2.53. The molecule has 0 radical (unpaired) electrons. The topological polar surface area (TPSA) is 276 Å². The molecule has 7 atom stereocenters. The second kappa shape index (κ2) is 20.0. The number of nitrogens with zero attached hydrogens (tertiary/aromatic N) is 1. The van der Waals surface area contributed by atoms with Gasteiger partial charge in [0.2, 0.25) is 35.4 Å². The zero-order chi connectivity index (χ0) is 36.8. The predicted octanol–water partition coefficient (Wildman–Crippen LogP) is -3.69. The number of carboxylic acid groups (broad SMARTS) is 1. The van der Waals surface area contributed by atoms with E-state index >= 15 is 0 Å². The van der Waals surface area contributed by atoms with Crippen molar-refractivity contribution in [2.45, 2.75) is 109 Å². The molecule has 278 valence electrons. The van der Waals surface area contributed by atoms with E-state index in [2.05, 4.69) is 31.9 Å². The molecule has 2 rings (SSSR count). The van der Waals surface area contributed by atoms with E-state index in [9.17, 15) is 54.0 Å². The van der Waals surface area contributed by atoms with Crippen LogP contribution in [0.15, 0.2) is 0 Å². The van der Waals surface area contributed by atoms with Crippen LogP contribution >= 0.6 is 0 Å². The number of amides is 6. The van der Waals surface area contributed by atoms with Crippen LogP contribution in [0.1, 0.15) is 66.2 Å². The van der Waals surface area contributed by atoms with E-state index in [0.29, 0.717) is 19.4 Å². The third-order valence-electron chi connectivity index (χ3n) is 8.31. The number of hydrogen-bond acceptors (Lipinski definition) is 11. The zero-order valence-electron chi connectivity index (χ0n) is 28.6. The SMILES string of the molecule is CC(C)C[C@H](NC(=O)[C@@H]1CCCN1)C(=O)N[C@@H](CO)C(=O)N[C@@H](CO)C(=O)N[C@@H](CO)C(=O)N[C@@H](CC(C)C)C(=O)N1CCC[C@H]1C(=O)O. The van der Waals surface area contributed by atoms with Gasteiger partial charge in [-0.25, -0.2) is 4.79 Å². The number of aliphatic hydroxyl groups is 3. The van der Waals surface area contributed by atoms with Gasteiger partial charge in [0.1, 0.15) is 36.3 Å². The van der Waals surface area contributed by atoms with Crippen LogP contribution in [0.3, 0.4) is 0 Å². The smallest absolute Gasteiger partial charge is 0.326 e. The molecule has 0 aliphatic carbocycles. The Kier molecular flexibility index (Phi) is 16.8. The van der Waals surface area contributed by atoms with Gasteiger partial charge >= 0.3 is 5.97 Å². The lowest BCUT2D eigenvalue weighted by Crippen LogP contribution is -2.61. The molecule has 49 heavy (non-hydrogen) atoms. The van der Waals surface area contributed by atoms with Crippen molar-refractivity contribution in [1.82, 2.24) is 36.8 Å². The number of carbonyl (C=O) groups excluding carboxylic acids is 6. The number of likely N-dealkylation sites (tertiary alicyclic amines) is 1. The molecular weight excluding hydrogens is 646 g/mol. The predicted molar refractivity (Wildman–Crippen MR) is 173 cm³/mol. The van der Waals surface area contributed by atoms with Crippen LogP contribution in [0.2, 0.25) is 0 Å². The standard InChI is InChI=1S/C31H53N7O11/c1-16(2)11-19(33-25(42)18-7-5-9-32-18)26(43)35-22(14-40)28(45)37-23(15-41)29(46)36-21(13-39)27(44)34-20(12-17(3)4)30(47)38-10-6-8-24(38)31(48)49/h16-24,32,39-41H,5-15H2,1-4H3,(H,33,42)(H,34,44)(H,35,43)(H,36,46)(H,37,45)(H,48,49)/t18-,19-,20-,21-,22-,23-,24-/m0/s1. The Balaban J connectivity index is 2.06. The fraction of sp³-hybridized carbons (Fsp3) is 0.774. The summed E-state index contributed by atoms with van der Waals surface area (Å²) >= 11 is 0. The highest BCUT2D eigenvalue weighted by atomic mass is 16.4. The van der Waals surface area contributed by atoms with Crippen molar-refractivity contribution in [2.75, 3.05) is 32.9 Å². The Morgan fingerprint density at radius 3 is 1.51 bits per heavy atom. The maximum absolute atomic E-state index is 13.3. The lowest BCUT2D eigenvalue weighted by molar-refractivity contribution is -0.149. The summed E-state index contributed by atoms with van der Waals surface area (Å²) in [5.41, 5.74) is 0. The first kappa shape index (κ1) is 41.3. The first-order chi connectivity index (χ1) is 23.1. The van der Waals surface area contributed by atoms with Crippen molar-refractivity contribution in [3.8, 4) is 0 Å². The summed E-state index contributed by atoms with van der Waals surface area (Å²) in [6, 6.07) is -8.56.